The molecule has 0 aliphatic carbocycles. The van der Waals surface area contributed by atoms with Crippen molar-refractivity contribution in [2.45, 2.75) is 0 Å². The van der Waals surface area contributed by atoms with Crippen molar-refractivity contribution in [1.82, 2.24) is 0 Å². The van der Waals surface area contributed by atoms with Crippen molar-refractivity contribution in [3.63, 3.8) is 0 Å². The van der Waals surface area contributed by atoms with Gasteiger partial charge in [-0.05, 0) is 35.9 Å². The zero-order valence-corrected chi connectivity index (χ0v) is 12.2. The molecule has 3 nitrogen and oxygen atoms in total. The molecule has 2 aromatic carbocycles. The number of anilines is 1. The van der Waals surface area contributed by atoms with Gasteiger partial charge in [-0.15, -0.1) is 0 Å². The zero-order valence-electron chi connectivity index (χ0n) is 10.7. The molecule has 21 heavy (non-hydrogen) atoms. The van der Waals surface area contributed by atoms with E-state index in [9.17, 15) is 9.59 Å². The van der Waals surface area contributed by atoms with Crippen molar-refractivity contribution < 1.29 is 9.59 Å². The van der Waals surface area contributed by atoms with Crippen molar-refractivity contribution in [1.29, 1.82) is 0 Å². The van der Waals surface area contributed by atoms with Crippen LogP contribution in [0.5, 0.6) is 0 Å². The molecule has 2 aromatic rings. The second-order valence-corrected chi connectivity index (χ2v) is 5.40. The summed E-state index contributed by atoms with van der Waals surface area (Å²) in [6, 6.07) is 13.4. The summed E-state index contributed by atoms with van der Waals surface area (Å²) >= 11 is 11.7. The highest BCUT2D eigenvalue weighted by Gasteiger charge is 2.33. The summed E-state index contributed by atoms with van der Waals surface area (Å²) < 4.78 is 0. The molecule has 0 spiro atoms. The number of carbonyl (C=O) groups excluding carboxylic acids is 2. The Hall–Kier alpha value is -2.10. The fourth-order valence-electron chi connectivity index (χ4n) is 2.17. The van der Waals surface area contributed by atoms with Crippen LogP contribution in [-0.4, -0.2) is 11.8 Å². The Labute approximate surface area is 131 Å². The SMILES string of the molecule is O=C1C=C(c2ccc(Cl)cc2)C(=O)N1c1cccc(Cl)c1. The smallest absolute Gasteiger partial charge is 0.266 e. The van der Waals surface area contributed by atoms with Gasteiger partial charge >= 0.3 is 0 Å². The molecule has 1 heterocycles. The number of hydrogen-bond acceptors (Lipinski definition) is 2. The van der Waals surface area contributed by atoms with Crippen LogP contribution in [0.2, 0.25) is 10.0 Å². The molecule has 0 fully saturated rings. The Bertz CT molecular complexity index is 766. The van der Waals surface area contributed by atoms with E-state index < -0.39 is 0 Å². The largest absolute Gasteiger partial charge is 0.269 e. The van der Waals surface area contributed by atoms with E-state index in [0.29, 0.717) is 26.9 Å². The predicted molar refractivity (Wildman–Crippen MR) is 83.4 cm³/mol. The molecule has 0 atom stereocenters. The molecule has 0 saturated carbocycles. The van der Waals surface area contributed by atoms with Gasteiger partial charge < -0.3 is 0 Å². The first kappa shape index (κ1) is 13.9. The Balaban J connectivity index is 1.97. The molecule has 1 aliphatic heterocycles. The maximum absolute atomic E-state index is 12.5. The average molecular weight is 318 g/mol. The van der Waals surface area contributed by atoms with Gasteiger partial charge in [-0.25, -0.2) is 4.90 Å². The molecular weight excluding hydrogens is 309 g/mol. The van der Waals surface area contributed by atoms with Crippen molar-refractivity contribution in [2.24, 2.45) is 0 Å². The minimum atomic E-state index is -0.382. The molecule has 0 N–H and O–H groups in total. The fourth-order valence-corrected chi connectivity index (χ4v) is 2.48. The van der Waals surface area contributed by atoms with E-state index in [4.69, 9.17) is 23.2 Å². The van der Waals surface area contributed by atoms with E-state index in [1.165, 1.54) is 6.08 Å². The van der Waals surface area contributed by atoms with Crippen LogP contribution in [0, 0.1) is 0 Å². The number of rotatable bonds is 2. The van der Waals surface area contributed by atoms with Crippen molar-refractivity contribution in [2.75, 3.05) is 4.90 Å². The minimum Gasteiger partial charge on any atom is -0.269 e. The number of halogens is 2. The van der Waals surface area contributed by atoms with Gasteiger partial charge in [0.15, 0.2) is 0 Å². The zero-order chi connectivity index (χ0) is 15.0. The molecule has 3 rings (SSSR count). The van der Waals surface area contributed by atoms with E-state index in [1.807, 2.05) is 0 Å². The molecule has 0 unspecified atom stereocenters. The van der Waals surface area contributed by atoms with Gasteiger partial charge in [-0.3, -0.25) is 9.59 Å². The normalized spacial score (nSPS) is 14.6. The molecule has 5 heteroatoms. The van der Waals surface area contributed by atoms with Crippen LogP contribution >= 0.6 is 23.2 Å². The van der Waals surface area contributed by atoms with E-state index in [0.717, 1.165) is 4.90 Å². The van der Waals surface area contributed by atoms with Crippen LogP contribution < -0.4 is 4.90 Å². The number of nitrogens with zero attached hydrogens (tertiary/aromatic N) is 1. The number of carbonyl (C=O) groups is 2. The van der Waals surface area contributed by atoms with Crippen LogP contribution in [0.3, 0.4) is 0 Å². The molecule has 0 bridgehead atoms. The number of amides is 2. The summed E-state index contributed by atoms with van der Waals surface area (Å²) in [4.78, 5) is 25.7. The molecule has 1 aliphatic rings. The third-order valence-corrected chi connectivity index (χ3v) is 3.63. The van der Waals surface area contributed by atoms with Crippen molar-refractivity contribution in [3.8, 4) is 0 Å². The molecule has 0 aromatic heterocycles. The Kier molecular flexibility index (Phi) is 3.53. The van der Waals surface area contributed by atoms with E-state index in [2.05, 4.69) is 0 Å². The number of hydrogen-bond donors (Lipinski definition) is 0. The highest BCUT2D eigenvalue weighted by molar-refractivity contribution is 6.44. The quantitative estimate of drug-likeness (QED) is 0.786. The van der Waals surface area contributed by atoms with Crippen molar-refractivity contribution in [3.05, 3.63) is 70.2 Å². The standard InChI is InChI=1S/C16H9Cl2NO2/c17-11-6-4-10(5-7-11)14-9-15(20)19(16(14)21)13-3-1-2-12(18)8-13/h1-9H. The van der Waals surface area contributed by atoms with Gasteiger partial charge in [-0.2, -0.15) is 0 Å². The summed E-state index contributed by atoms with van der Waals surface area (Å²) in [5.74, 6) is -0.753. The van der Waals surface area contributed by atoms with Crippen LogP contribution in [0.25, 0.3) is 5.57 Å². The Morgan fingerprint density at radius 2 is 1.57 bits per heavy atom. The van der Waals surface area contributed by atoms with Crippen molar-refractivity contribution >= 4 is 46.3 Å². The first-order valence-corrected chi connectivity index (χ1v) is 6.93. The number of benzene rings is 2. The van der Waals surface area contributed by atoms with E-state index in [1.54, 1.807) is 48.5 Å². The average Bonchev–Trinajstić information content (AvgIpc) is 2.75. The first-order chi connectivity index (χ1) is 10.1. The van der Waals surface area contributed by atoms with Gasteiger partial charge in [0.1, 0.15) is 0 Å². The van der Waals surface area contributed by atoms with Gasteiger partial charge in [0.05, 0.1) is 11.3 Å². The summed E-state index contributed by atoms with van der Waals surface area (Å²) in [5, 5.41) is 1.04. The second-order valence-electron chi connectivity index (χ2n) is 4.52. The lowest BCUT2D eigenvalue weighted by Crippen LogP contribution is -2.30. The molecule has 2 amide bonds. The van der Waals surface area contributed by atoms with Gasteiger partial charge in [-0.1, -0.05) is 41.4 Å². The molecule has 0 saturated heterocycles. The summed E-state index contributed by atoms with van der Waals surface area (Å²) in [7, 11) is 0. The molecular formula is C16H9Cl2NO2. The lowest BCUT2D eigenvalue weighted by Gasteiger charge is -2.15. The predicted octanol–water partition coefficient (Wildman–Crippen LogP) is 3.95. The lowest BCUT2D eigenvalue weighted by molar-refractivity contribution is -0.119. The minimum absolute atomic E-state index is 0.344. The summed E-state index contributed by atoms with van der Waals surface area (Å²) in [5.41, 5.74) is 1.46. The third kappa shape index (κ3) is 2.58. The summed E-state index contributed by atoms with van der Waals surface area (Å²) in [6.45, 7) is 0. The molecule has 104 valence electrons. The topological polar surface area (TPSA) is 37.4 Å². The molecule has 0 radical (unpaired) electrons. The van der Waals surface area contributed by atoms with Crippen LogP contribution in [0.15, 0.2) is 54.6 Å². The van der Waals surface area contributed by atoms with Crippen LogP contribution in [-0.2, 0) is 9.59 Å². The maximum Gasteiger partial charge on any atom is 0.266 e. The van der Waals surface area contributed by atoms with Gasteiger partial charge in [0, 0.05) is 16.1 Å². The monoisotopic (exact) mass is 317 g/mol. The van der Waals surface area contributed by atoms with Crippen LogP contribution in [0.4, 0.5) is 5.69 Å². The number of imide groups is 1. The first-order valence-electron chi connectivity index (χ1n) is 6.18. The second kappa shape index (κ2) is 5.35. The van der Waals surface area contributed by atoms with Gasteiger partial charge in [0.25, 0.3) is 11.8 Å². The maximum atomic E-state index is 12.5. The van der Waals surface area contributed by atoms with Gasteiger partial charge in [0.2, 0.25) is 0 Å². The third-order valence-electron chi connectivity index (χ3n) is 3.14. The summed E-state index contributed by atoms with van der Waals surface area (Å²) in [6.07, 6.45) is 1.33. The highest BCUT2D eigenvalue weighted by atomic mass is 35.5. The van der Waals surface area contributed by atoms with Crippen LogP contribution in [0.1, 0.15) is 5.56 Å². The fraction of sp³-hybridized carbons (Fsp3) is 0. The highest BCUT2D eigenvalue weighted by Crippen LogP contribution is 2.30. The lowest BCUT2D eigenvalue weighted by atomic mass is 10.1. The Morgan fingerprint density at radius 3 is 2.24 bits per heavy atom. The van der Waals surface area contributed by atoms with E-state index in [-0.39, 0.29) is 11.8 Å². The Morgan fingerprint density at radius 1 is 0.857 bits per heavy atom. The van der Waals surface area contributed by atoms with E-state index >= 15 is 0 Å².